The van der Waals surface area contributed by atoms with Gasteiger partial charge in [-0.1, -0.05) is 41.1 Å². The van der Waals surface area contributed by atoms with E-state index in [9.17, 15) is 9.59 Å². The fourth-order valence-corrected chi connectivity index (χ4v) is 3.18. The van der Waals surface area contributed by atoms with Crippen LogP contribution in [0.4, 0.5) is 10.5 Å². The summed E-state index contributed by atoms with van der Waals surface area (Å²) in [6, 6.07) is 14.3. The minimum absolute atomic E-state index is 0.0710. The van der Waals surface area contributed by atoms with Gasteiger partial charge in [-0.05, 0) is 60.7 Å². The molecule has 166 valence electrons. The maximum Gasteiger partial charge on any atom is 0.412 e. The average molecular weight is 492 g/mol. The Morgan fingerprint density at radius 2 is 1.81 bits per heavy atom. The number of allylic oxidation sites excluding steroid dienone is 1. The third kappa shape index (κ3) is 8.82. The van der Waals surface area contributed by atoms with E-state index in [1.165, 1.54) is 0 Å². The number of carbonyl (C=O) groups excluding carboxylic acids is 1. The summed E-state index contributed by atoms with van der Waals surface area (Å²) in [5, 5.41) is 20.3. The number of hydrogen-bond acceptors (Lipinski definition) is 5. The Bertz CT molecular complexity index is 867. The summed E-state index contributed by atoms with van der Waals surface area (Å²) in [5.41, 5.74) is 1.40. The van der Waals surface area contributed by atoms with Gasteiger partial charge >= 0.3 is 12.1 Å². The number of ether oxygens (including phenoxy) is 2. The third-order valence-corrected chi connectivity index (χ3v) is 4.99. The Kier molecular flexibility index (Phi) is 10.1. The number of nitrogens with one attached hydrogen (secondary N) is 1. The summed E-state index contributed by atoms with van der Waals surface area (Å²) < 4.78 is 12.0. The van der Waals surface area contributed by atoms with Gasteiger partial charge < -0.3 is 19.7 Å². The van der Waals surface area contributed by atoms with Gasteiger partial charge in [0.25, 0.3) is 0 Å². The largest absolute Gasteiger partial charge is 0.491 e. The van der Waals surface area contributed by atoms with Crippen LogP contribution in [0.5, 0.6) is 5.75 Å². The molecule has 0 spiro atoms. The fourth-order valence-electron chi connectivity index (χ4n) is 2.92. The number of aliphatic hydroxyl groups excluding tert-OH is 1. The first-order valence-electron chi connectivity index (χ1n) is 9.85. The zero-order valence-corrected chi connectivity index (χ0v) is 18.7. The van der Waals surface area contributed by atoms with Crippen LogP contribution >= 0.6 is 15.9 Å². The van der Waals surface area contributed by atoms with Crippen molar-refractivity contribution >= 4 is 33.7 Å². The van der Waals surface area contributed by atoms with E-state index in [0.717, 1.165) is 16.1 Å². The number of carboxylic acid groups (broad SMARTS) is 1. The Balaban J connectivity index is 2.11. The monoisotopic (exact) mass is 491 g/mol. The van der Waals surface area contributed by atoms with Gasteiger partial charge in [-0.15, -0.1) is 0 Å². The molecule has 1 amide bonds. The van der Waals surface area contributed by atoms with Gasteiger partial charge in [-0.3, -0.25) is 5.32 Å². The first-order chi connectivity index (χ1) is 14.9. The first kappa shape index (κ1) is 24.4. The normalized spacial score (nSPS) is 12.9. The quantitative estimate of drug-likeness (QED) is 0.374. The lowest BCUT2D eigenvalue weighted by molar-refractivity contribution is -0.131. The number of amides is 1. The number of aliphatic carboxylic acids is 1. The molecule has 0 radical (unpaired) electrons. The Morgan fingerprint density at radius 3 is 2.42 bits per heavy atom. The lowest BCUT2D eigenvalue weighted by Crippen LogP contribution is -2.22. The zero-order valence-electron chi connectivity index (χ0n) is 17.2. The van der Waals surface area contributed by atoms with Crippen LogP contribution in [0.2, 0.25) is 0 Å². The van der Waals surface area contributed by atoms with Crippen molar-refractivity contribution in [2.45, 2.75) is 25.9 Å². The van der Waals surface area contributed by atoms with Gasteiger partial charge in [-0.2, -0.15) is 0 Å². The van der Waals surface area contributed by atoms with Gasteiger partial charge in [0.1, 0.15) is 18.5 Å². The van der Waals surface area contributed by atoms with Crippen molar-refractivity contribution in [2.75, 3.05) is 18.5 Å². The molecule has 0 aliphatic rings. The molecular formula is C23H26BrNO6. The molecule has 0 unspecified atom stereocenters. The molecule has 2 aromatic rings. The molecule has 0 saturated carbocycles. The standard InChI is InChI=1S/C23H26BrNO6/c1-16(4-2-3-5-21(27)28)22(17-6-12-20(13-7-17)30-15-14-26)31-23(29)25-19-10-8-18(24)9-11-19/h3,5-13,16,22,26H,2,4,14-15H2,1H3,(H,25,29)(H,27,28)/b5-3+/t16-,22+/m1/s1. The van der Waals surface area contributed by atoms with Crippen molar-refractivity contribution in [1.29, 1.82) is 0 Å². The van der Waals surface area contributed by atoms with Crippen LogP contribution < -0.4 is 10.1 Å². The molecule has 0 bridgehead atoms. The minimum atomic E-state index is -0.993. The number of rotatable bonds is 11. The third-order valence-electron chi connectivity index (χ3n) is 4.46. The van der Waals surface area contributed by atoms with Crippen molar-refractivity contribution in [3.05, 3.63) is 70.7 Å². The number of benzene rings is 2. The van der Waals surface area contributed by atoms with Crippen molar-refractivity contribution in [1.82, 2.24) is 0 Å². The Hall–Kier alpha value is -2.84. The van der Waals surface area contributed by atoms with E-state index in [2.05, 4.69) is 21.2 Å². The molecule has 8 heteroatoms. The predicted octanol–water partition coefficient (Wildman–Crippen LogP) is 5.17. The van der Waals surface area contributed by atoms with Crippen LogP contribution in [0.15, 0.2) is 65.2 Å². The van der Waals surface area contributed by atoms with Gasteiger partial charge in [0.05, 0.1) is 6.61 Å². The number of carbonyl (C=O) groups is 2. The molecule has 2 atom stereocenters. The first-order valence-corrected chi connectivity index (χ1v) is 10.6. The van der Waals surface area contributed by atoms with Crippen LogP contribution in [-0.4, -0.2) is 35.5 Å². The molecule has 0 aromatic heterocycles. The topological polar surface area (TPSA) is 105 Å². The summed E-state index contributed by atoms with van der Waals surface area (Å²) in [6.45, 7) is 2.06. The van der Waals surface area contributed by atoms with Crippen LogP contribution in [0.1, 0.15) is 31.4 Å². The molecule has 0 aliphatic carbocycles. The fraction of sp³-hybridized carbons (Fsp3) is 0.304. The van der Waals surface area contributed by atoms with E-state index in [1.807, 2.05) is 31.2 Å². The van der Waals surface area contributed by atoms with Crippen molar-refractivity contribution in [2.24, 2.45) is 5.92 Å². The number of halogens is 1. The molecule has 0 heterocycles. The van der Waals surface area contributed by atoms with Crippen LogP contribution in [0.25, 0.3) is 0 Å². The average Bonchev–Trinajstić information content (AvgIpc) is 2.75. The summed E-state index contributed by atoms with van der Waals surface area (Å²) in [5.74, 6) is -0.459. The number of anilines is 1. The highest BCUT2D eigenvalue weighted by molar-refractivity contribution is 9.10. The van der Waals surface area contributed by atoms with E-state index in [1.54, 1.807) is 30.3 Å². The molecule has 3 N–H and O–H groups in total. The van der Waals surface area contributed by atoms with Crippen LogP contribution in [0, 0.1) is 5.92 Å². The number of hydrogen-bond donors (Lipinski definition) is 3. The molecule has 2 rings (SSSR count). The Labute approximate surface area is 189 Å². The van der Waals surface area contributed by atoms with Crippen molar-refractivity contribution in [3.8, 4) is 5.75 Å². The molecular weight excluding hydrogens is 466 g/mol. The predicted molar refractivity (Wildman–Crippen MR) is 121 cm³/mol. The van der Waals surface area contributed by atoms with Gasteiger partial charge in [0.2, 0.25) is 0 Å². The van der Waals surface area contributed by atoms with Crippen molar-refractivity contribution < 1.29 is 29.3 Å². The highest BCUT2D eigenvalue weighted by atomic mass is 79.9. The lowest BCUT2D eigenvalue weighted by Gasteiger charge is -2.25. The summed E-state index contributed by atoms with van der Waals surface area (Å²) in [7, 11) is 0. The summed E-state index contributed by atoms with van der Waals surface area (Å²) in [6.07, 6.45) is 2.74. The highest BCUT2D eigenvalue weighted by Gasteiger charge is 2.23. The molecule has 0 fully saturated rings. The second kappa shape index (κ2) is 12.8. The SMILES string of the molecule is C[C@H](CC/C=C/C(=O)O)[C@H](OC(=O)Nc1ccc(Br)cc1)c1ccc(OCCO)cc1. The Morgan fingerprint density at radius 1 is 1.13 bits per heavy atom. The molecule has 0 saturated heterocycles. The van der Waals surface area contributed by atoms with Gasteiger partial charge in [0.15, 0.2) is 0 Å². The summed E-state index contributed by atoms with van der Waals surface area (Å²) >= 11 is 3.35. The maximum absolute atomic E-state index is 12.5. The number of aliphatic hydroxyl groups is 1. The van der Waals surface area contributed by atoms with Gasteiger partial charge in [-0.25, -0.2) is 9.59 Å². The maximum atomic E-state index is 12.5. The van der Waals surface area contributed by atoms with E-state index < -0.39 is 18.2 Å². The van der Waals surface area contributed by atoms with E-state index >= 15 is 0 Å². The zero-order chi connectivity index (χ0) is 22.6. The smallest absolute Gasteiger partial charge is 0.412 e. The van der Waals surface area contributed by atoms with Gasteiger partial charge in [0, 0.05) is 16.2 Å². The van der Waals surface area contributed by atoms with Crippen molar-refractivity contribution in [3.63, 3.8) is 0 Å². The molecule has 0 aliphatic heterocycles. The second-order valence-electron chi connectivity index (χ2n) is 6.89. The highest BCUT2D eigenvalue weighted by Crippen LogP contribution is 2.31. The van der Waals surface area contributed by atoms with E-state index in [4.69, 9.17) is 19.7 Å². The van der Waals surface area contributed by atoms with E-state index in [0.29, 0.717) is 24.3 Å². The molecule has 31 heavy (non-hydrogen) atoms. The van der Waals surface area contributed by atoms with Crippen LogP contribution in [-0.2, 0) is 9.53 Å². The minimum Gasteiger partial charge on any atom is -0.491 e. The van der Waals surface area contributed by atoms with Crippen LogP contribution in [0.3, 0.4) is 0 Å². The second-order valence-corrected chi connectivity index (χ2v) is 7.81. The molecule has 2 aromatic carbocycles. The summed E-state index contributed by atoms with van der Waals surface area (Å²) in [4.78, 5) is 23.2. The lowest BCUT2D eigenvalue weighted by atomic mass is 9.93. The number of carboxylic acids is 1. The van der Waals surface area contributed by atoms with E-state index in [-0.39, 0.29) is 19.1 Å². The molecule has 7 nitrogen and oxygen atoms in total.